The predicted molar refractivity (Wildman–Crippen MR) is 79.5 cm³/mol. The second-order valence-electron chi connectivity index (χ2n) is 5.55. The summed E-state index contributed by atoms with van der Waals surface area (Å²) in [7, 11) is 0. The van der Waals surface area contributed by atoms with E-state index in [-0.39, 0.29) is 23.6 Å². The SMILES string of the molecule is NC1CCCCCC1C(=O)NCc1ccc([N+](=O)[O-])cc1. The van der Waals surface area contributed by atoms with Gasteiger partial charge in [0.25, 0.3) is 5.69 Å². The first-order valence-corrected chi connectivity index (χ1v) is 7.34. The van der Waals surface area contributed by atoms with Crippen molar-refractivity contribution in [3.8, 4) is 0 Å². The monoisotopic (exact) mass is 291 g/mol. The molecule has 1 aliphatic rings. The lowest BCUT2D eigenvalue weighted by Gasteiger charge is -2.20. The number of nitro benzene ring substituents is 1. The summed E-state index contributed by atoms with van der Waals surface area (Å²) in [6.07, 6.45) is 5.01. The molecule has 6 nitrogen and oxygen atoms in total. The van der Waals surface area contributed by atoms with Crippen molar-refractivity contribution in [1.82, 2.24) is 5.32 Å². The van der Waals surface area contributed by atoms with E-state index < -0.39 is 4.92 Å². The molecule has 2 atom stereocenters. The molecule has 114 valence electrons. The normalized spacial score (nSPS) is 22.3. The maximum atomic E-state index is 12.2. The number of nitro groups is 1. The average molecular weight is 291 g/mol. The van der Waals surface area contributed by atoms with Crippen molar-refractivity contribution >= 4 is 11.6 Å². The van der Waals surface area contributed by atoms with Crippen molar-refractivity contribution < 1.29 is 9.72 Å². The van der Waals surface area contributed by atoms with Crippen LogP contribution in [0.3, 0.4) is 0 Å². The van der Waals surface area contributed by atoms with Crippen LogP contribution in [0.2, 0.25) is 0 Å². The molecular formula is C15H21N3O3. The zero-order valence-electron chi connectivity index (χ0n) is 12.0. The van der Waals surface area contributed by atoms with Crippen LogP contribution in [0.15, 0.2) is 24.3 Å². The quantitative estimate of drug-likeness (QED) is 0.504. The molecule has 1 amide bonds. The van der Waals surface area contributed by atoms with Gasteiger partial charge in [-0.3, -0.25) is 14.9 Å². The van der Waals surface area contributed by atoms with E-state index in [1.54, 1.807) is 12.1 Å². The first kappa shape index (κ1) is 15.4. The fraction of sp³-hybridized carbons (Fsp3) is 0.533. The molecule has 1 aliphatic carbocycles. The van der Waals surface area contributed by atoms with Crippen molar-refractivity contribution in [3.05, 3.63) is 39.9 Å². The minimum atomic E-state index is -0.438. The molecule has 3 N–H and O–H groups in total. The number of benzene rings is 1. The third-order valence-electron chi connectivity index (χ3n) is 4.02. The Bertz CT molecular complexity index is 501. The molecule has 1 aromatic rings. The number of non-ortho nitro benzene ring substituents is 1. The molecule has 0 heterocycles. The van der Waals surface area contributed by atoms with Gasteiger partial charge in [-0.1, -0.05) is 31.4 Å². The smallest absolute Gasteiger partial charge is 0.269 e. The Kier molecular flexibility index (Phi) is 5.27. The lowest BCUT2D eigenvalue weighted by molar-refractivity contribution is -0.384. The number of nitrogens with zero attached hydrogens (tertiary/aromatic N) is 1. The molecule has 0 saturated heterocycles. The number of nitrogens with two attached hydrogens (primary N) is 1. The van der Waals surface area contributed by atoms with Crippen LogP contribution in [-0.2, 0) is 11.3 Å². The summed E-state index contributed by atoms with van der Waals surface area (Å²) in [6, 6.07) is 6.14. The predicted octanol–water partition coefficient (Wildman–Crippen LogP) is 2.12. The van der Waals surface area contributed by atoms with Gasteiger partial charge < -0.3 is 11.1 Å². The first-order valence-electron chi connectivity index (χ1n) is 7.34. The molecule has 6 heteroatoms. The minimum Gasteiger partial charge on any atom is -0.352 e. The Morgan fingerprint density at radius 2 is 1.90 bits per heavy atom. The molecule has 2 rings (SSSR count). The molecule has 0 aromatic heterocycles. The van der Waals surface area contributed by atoms with Gasteiger partial charge in [-0.05, 0) is 18.4 Å². The Morgan fingerprint density at radius 1 is 1.24 bits per heavy atom. The number of carbonyl (C=O) groups excluding carboxylic acids is 1. The van der Waals surface area contributed by atoms with Crippen LogP contribution in [0.4, 0.5) is 5.69 Å². The first-order chi connectivity index (χ1) is 10.1. The molecular weight excluding hydrogens is 270 g/mol. The van der Waals surface area contributed by atoms with Crippen molar-refractivity contribution in [2.45, 2.75) is 44.7 Å². The van der Waals surface area contributed by atoms with Gasteiger partial charge >= 0.3 is 0 Å². The van der Waals surface area contributed by atoms with Gasteiger partial charge in [-0.25, -0.2) is 0 Å². The van der Waals surface area contributed by atoms with E-state index in [9.17, 15) is 14.9 Å². The second-order valence-corrected chi connectivity index (χ2v) is 5.55. The highest BCUT2D eigenvalue weighted by Crippen LogP contribution is 2.22. The molecule has 0 radical (unpaired) electrons. The van der Waals surface area contributed by atoms with Crippen LogP contribution in [0, 0.1) is 16.0 Å². The van der Waals surface area contributed by atoms with E-state index in [2.05, 4.69) is 5.32 Å². The molecule has 0 bridgehead atoms. The lowest BCUT2D eigenvalue weighted by Crippen LogP contribution is -2.41. The summed E-state index contributed by atoms with van der Waals surface area (Å²) < 4.78 is 0. The number of hydrogen-bond acceptors (Lipinski definition) is 4. The van der Waals surface area contributed by atoms with E-state index in [0.29, 0.717) is 6.54 Å². The van der Waals surface area contributed by atoms with Gasteiger partial charge in [0.15, 0.2) is 0 Å². The number of carbonyl (C=O) groups is 1. The number of amides is 1. The zero-order chi connectivity index (χ0) is 15.2. The van der Waals surface area contributed by atoms with Gasteiger partial charge in [0, 0.05) is 24.7 Å². The molecule has 1 aromatic carbocycles. The minimum absolute atomic E-state index is 0.0113. The van der Waals surface area contributed by atoms with Crippen molar-refractivity contribution in [1.29, 1.82) is 0 Å². The van der Waals surface area contributed by atoms with Crippen LogP contribution in [0.25, 0.3) is 0 Å². The zero-order valence-corrected chi connectivity index (χ0v) is 12.0. The van der Waals surface area contributed by atoms with Gasteiger partial charge in [-0.2, -0.15) is 0 Å². The van der Waals surface area contributed by atoms with Gasteiger partial charge in [0.2, 0.25) is 5.91 Å². The molecule has 2 unspecified atom stereocenters. The summed E-state index contributed by atoms with van der Waals surface area (Å²) in [5.74, 6) is -0.131. The van der Waals surface area contributed by atoms with Crippen LogP contribution in [0.5, 0.6) is 0 Å². The average Bonchev–Trinajstić information content (AvgIpc) is 2.70. The summed E-state index contributed by atoms with van der Waals surface area (Å²) in [5.41, 5.74) is 6.96. The third kappa shape index (κ3) is 4.26. The fourth-order valence-corrected chi connectivity index (χ4v) is 2.72. The summed E-state index contributed by atoms with van der Waals surface area (Å²) in [4.78, 5) is 22.3. The molecule has 1 fully saturated rings. The van der Waals surface area contributed by atoms with Gasteiger partial charge in [0.1, 0.15) is 0 Å². The maximum absolute atomic E-state index is 12.2. The molecule has 21 heavy (non-hydrogen) atoms. The Balaban J connectivity index is 1.89. The topological polar surface area (TPSA) is 98.3 Å². The third-order valence-corrected chi connectivity index (χ3v) is 4.02. The summed E-state index contributed by atoms with van der Waals surface area (Å²) in [6.45, 7) is 0.375. The van der Waals surface area contributed by atoms with E-state index >= 15 is 0 Å². The van der Waals surface area contributed by atoms with Gasteiger partial charge in [0.05, 0.1) is 10.8 Å². The highest BCUT2D eigenvalue weighted by molar-refractivity contribution is 5.79. The Hall–Kier alpha value is -1.95. The van der Waals surface area contributed by atoms with Crippen molar-refractivity contribution in [3.63, 3.8) is 0 Å². The van der Waals surface area contributed by atoms with Crippen LogP contribution < -0.4 is 11.1 Å². The van der Waals surface area contributed by atoms with Crippen LogP contribution >= 0.6 is 0 Å². The Morgan fingerprint density at radius 3 is 2.57 bits per heavy atom. The number of nitrogens with one attached hydrogen (secondary N) is 1. The summed E-state index contributed by atoms with van der Waals surface area (Å²) >= 11 is 0. The fourth-order valence-electron chi connectivity index (χ4n) is 2.72. The molecule has 0 aliphatic heterocycles. The maximum Gasteiger partial charge on any atom is 0.269 e. The van der Waals surface area contributed by atoms with E-state index in [1.807, 2.05) is 0 Å². The van der Waals surface area contributed by atoms with Gasteiger partial charge in [-0.15, -0.1) is 0 Å². The number of rotatable bonds is 4. The van der Waals surface area contributed by atoms with E-state index in [1.165, 1.54) is 12.1 Å². The van der Waals surface area contributed by atoms with Crippen molar-refractivity contribution in [2.75, 3.05) is 0 Å². The van der Waals surface area contributed by atoms with E-state index in [4.69, 9.17) is 5.73 Å². The largest absolute Gasteiger partial charge is 0.352 e. The second kappa shape index (κ2) is 7.17. The number of hydrogen-bond donors (Lipinski definition) is 2. The lowest BCUT2D eigenvalue weighted by atomic mass is 9.94. The standard InChI is InChI=1S/C15H21N3O3/c16-14-5-3-1-2-4-13(14)15(19)17-10-11-6-8-12(9-7-11)18(20)21/h6-9,13-14H,1-5,10,16H2,(H,17,19). The highest BCUT2D eigenvalue weighted by atomic mass is 16.6. The highest BCUT2D eigenvalue weighted by Gasteiger charge is 2.26. The van der Waals surface area contributed by atoms with E-state index in [0.717, 1.165) is 37.7 Å². The van der Waals surface area contributed by atoms with Crippen molar-refractivity contribution in [2.24, 2.45) is 11.7 Å². The molecule has 1 saturated carbocycles. The molecule has 0 spiro atoms. The van der Waals surface area contributed by atoms with Crippen LogP contribution in [-0.4, -0.2) is 16.9 Å². The van der Waals surface area contributed by atoms with Crippen LogP contribution in [0.1, 0.15) is 37.7 Å². The Labute approximate surface area is 123 Å². The summed E-state index contributed by atoms with van der Waals surface area (Å²) in [5, 5.41) is 13.5.